The zero-order chi connectivity index (χ0) is 16.8. The SMILES string of the molecule is COCCN1CCOC[C@]2(CCCN(C(=O)CC3CCCC3)C2)C1. The second-order valence-electron chi connectivity index (χ2n) is 8.09. The maximum atomic E-state index is 12.8. The molecule has 1 spiro atoms. The molecule has 5 nitrogen and oxygen atoms in total. The smallest absolute Gasteiger partial charge is 0.222 e. The van der Waals surface area contributed by atoms with Crippen LogP contribution in [0.5, 0.6) is 0 Å². The van der Waals surface area contributed by atoms with Crippen LogP contribution in [0.2, 0.25) is 0 Å². The molecular formula is C19H34N2O3. The number of nitrogens with zero attached hydrogens (tertiary/aromatic N) is 2. The van der Waals surface area contributed by atoms with Crippen LogP contribution in [0.1, 0.15) is 44.9 Å². The molecule has 5 heteroatoms. The van der Waals surface area contributed by atoms with Crippen LogP contribution < -0.4 is 0 Å². The van der Waals surface area contributed by atoms with Crippen LogP contribution in [0.25, 0.3) is 0 Å². The van der Waals surface area contributed by atoms with Gasteiger partial charge in [-0.25, -0.2) is 0 Å². The molecule has 2 saturated heterocycles. The van der Waals surface area contributed by atoms with E-state index in [9.17, 15) is 4.79 Å². The monoisotopic (exact) mass is 338 g/mol. The summed E-state index contributed by atoms with van der Waals surface area (Å²) in [5.41, 5.74) is 0.119. The molecule has 0 N–H and O–H groups in total. The number of carbonyl (C=O) groups is 1. The molecule has 0 radical (unpaired) electrons. The molecule has 1 amide bonds. The molecule has 2 heterocycles. The number of ether oxygens (including phenoxy) is 2. The van der Waals surface area contributed by atoms with Gasteiger partial charge in [0.1, 0.15) is 0 Å². The van der Waals surface area contributed by atoms with Crippen molar-refractivity contribution in [3.05, 3.63) is 0 Å². The highest BCUT2D eigenvalue weighted by molar-refractivity contribution is 5.76. The van der Waals surface area contributed by atoms with E-state index in [-0.39, 0.29) is 5.41 Å². The highest BCUT2D eigenvalue weighted by Crippen LogP contribution is 2.34. The number of methoxy groups -OCH3 is 1. The van der Waals surface area contributed by atoms with Gasteiger partial charge in [-0.2, -0.15) is 0 Å². The van der Waals surface area contributed by atoms with Gasteiger partial charge in [-0.3, -0.25) is 9.69 Å². The minimum absolute atomic E-state index is 0.119. The Balaban J connectivity index is 1.58. The Morgan fingerprint density at radius 1 is 1.21 bits per heavy atom. The van der Waals surface area contributed by atoms with E-state index in [4.69, 9.17) is 9.47 Å². The van der Waals surface area contributed by atoms with Crippen molar-refractivity contribution in [2.24, 2.45) is 11.3 Å². The molecule has 138 valence electrons. The summed E-state index contributed by atoms with van der Waals surface area (Å²) in [6, 6.07) is 0. The Kier molecular flexibility index (Phi) is 6.53. The molecule has 2 aliphatic heterocycles. The molecule has 24 heavy (non-hydrogen) atoms. The van der Waals surface area contributed by atoms with E-state index < -0.39 is 0 Å². The first-order valence-corrected chi connectivity index (χ1v) is 9.78. The highest BCUT2D eigenvalue weighted by atomic mass is 16.5. The van der Waals surface area contributed by atoms with Gasteiger partial charge in [-0.05, 0) is 31.6 Å². The fourth-order valence-electron chi connectivity index (χ4n) is 4.75. The van der Waals surface area contributed by atoms with Gasteiger partial charge in [0.15, 0.2) is 0 Å². The van der Waals surface area contributed by atoms with E-state index in [0.717, 1.165) is 65.4 Å². The lowest BCUT2D eigenvalue weighted by Gasteiger charge is -2.44. The van der Waals surface area contributed by atoms with Gasteiger partial charge in [0, 0.05) is 51.7 Å². The summed E-state index contributed by atoms with van der Waals surface area (Å²) in [4.78, 5) is 17.4. The zero-order valence-corrected chi connectivity index (χ0v) is 15.3. The quantitative estimate of drug-likeness (QED) is 0.770. The van der Waals surface area contributed by atoms with Crippen molar-refractivity contribution >= 4 is 5.91 Å². The minimum atomic E-state index is 0.119. The molecule has 3 fully saturated rings. The van der Waals surface area contributed by atoms with Crippen molar-refractivity contribution in [3.8, 4) is 0 Å². The van der Waals surface area contributed by atoms with Gasteiger partial charge in [0.25, 0.3) is 0 Å². The third-order valence-electron chi connectivity index (χ3n) is 6.08. The van der Waals surface area contributed by atoms with Crippen LogP contribution in [0.4, 0.5) is 0 Å². The summed E-state index contributed by atoms with van der Waals surface area (Å²) < 4.78 is 11.2. The van der Waals surface area contributed by atoms with Crippen molar-refractivity contribution in [1.29, 1.82) is 0 Å². The number of hydrogen-bond acceptors (Lipinski definition) is 4. The van der Waals surface area contributed by atoms with Gasteiger partial charge < -0.3 is 14.4 Å². The molecule has 1 aliphatic carbocycles. The van der Waals surface area contributed by atoms with E-state index in [1.54, 1.807) is 7.11 Å². The summed E-state index contributed by atoms with van der Waals surface area (Å²) in [7, 11) is 1.76. The molecule has 0 aromatic carbocycles. The van der Waals surface area contributed by atoms with Crippen LogP contribution in [-0.4, -0.2) is 75.4 Å². The number of amides is 1. The summed E-state index contributed by atoms with van der Waals surface area (Å²) in [5.74, 6) is 1.02. The van der Waals surface area contributed by atoms with E-state index in [1.807, 2.05) is 0 Å². The number of carbonyl (C=O) groups excluding carboxylic acids is 1. The lowest BCUT2D eigenvalue weighted by atomic mass is 9.79. The summed E-state index contributed by atoms with van der Waals surface area (Å²) in [6.45, 7) is 7.13. The Morgan fingerprint density at radius 2 is 2.04 bits per heavy atom. The van der Waals surface area contributed by atoms with Gasteiger partial charge in [-0.15, -0.1) is 0 Å². The highest BCUT2D eigenvalue weighted by Gasteiger charge is 2.40. The molecular weight excluding hydrogens is 304 g/mol. The standard InChI is InChI=1S/C19H34N2O3/c1-23-11-9-20-10-12-24-16-19(14-20)7-4-8-21(15-19)18(22)13-17-5-2-3-6-17/h17H,2-16H2,1H3/t19-/m1/s1. The van der Waals surface area contributed by atoms with Crippen molar-refractivity contribution in [3.63, 3.8) is 0 Å². The van der Waals surface area contributed by atoms with Crippen LogP contribution in [0.3, 0.4) is 0 Å². The molecule has 1 atom stereocenters. The van der Waals surface area contributed by atoms with Crippen LogP contribution in [0.15, 0.2) is 0 Å². The van der Waals surface area contributed by atoms with Crippen LogP contribution in [0, 0.1) is 11.3 Å². The van der Waals surface area contributed by atoms with Crippen LogP contribution in [-0.2, 0) is 14.3 Å². The molecule has 0 unspecified atom stereocenters. The maximum absolute atomic E-state index is 12.8. The number of piperidine rings is 1. The van der Waals surface area contributed by atoms with Gasteiger partial charge in [0.05, 0.1) is 19.8 Å². The fraction of sp³-hybridized carbons (Fsp3) is 0.947. The third kappa shape index (κ3) is 4.70. The zero-order valence-electron chi connectivity index (χ0n) is 15.3. The van der Waals surface area contributed by atoms with E-state index in [0.29, 0.717) is 11.8 Å². The number of rotatable bonds is 5. The van der Waals surface area contributed by atoms with E-state index >= 15 is 0 Å². The van der Waals surface area contributed by atoms with Gasteiger partial charge in [0.2, 0.25) is 5.91 Å². The topological polar surface area (TPSA) is 42.0 Å². The molecule has 3 aliphatic rings. The second kappa shape index (κ2) is 8.63. The molecule has 0 bridgehead atoms. The van der Waals surface area contributed by atoms with E-state index in [1.165, 1.54) is 32.1 Å². The predicted molar refractivity (Wildman–Crippen MR) is 94.0 cm³/mol. The van der Waals surface area contributed by atoms with E-state index in [2.05, 4.69) is 9.80 Å². The number of hydrogen-bond donors (Lipinski definition) is 0. The molecule has 0 aromatic rings. The summed E-state index contributed by atoms with van der Waals surface area (Å²) in [5, 5.41) is 0. The van der Waals surface area contributed by atoms with Gasteiger partial charge in [-0.1, -0.05) is 12.8 Å². The maximum Gasteiger partial charge on any atom is 0.222 e. The Bertz CT molecular complexity index is 411. The Morgan fingerprint density at radius 3 is 2.83 bits per heavy atom. The van der Waals surface area contributed by atoms with Crippen molar-refractivity contribution in [2.45, 2.75) is 44.9 Å². The molecule has 0 aromatic heterocycles. The Labute approximate surface area is 146 Å². The Hall–Kier alpha value is -0.650. The first-order valence-electron chi connectivity index (χ1n) is 9.78. The van der Waals surface area contributed by atoms with Crippen molar-refractivity contribution in [2.75, 3.05) is 59.7 Å². The predicted octanol–water partition coefficient (Wildman–Crippen LogP) is 2.15. The summed E-state index contributed by atoms with van der Waals surface area (Å²) in [6.07, 6.45) is 8.16. The normalized spacial score (nSPS) is 30.0. The largest absolute Gasteiger partial charge is 0.383 e. The number of likely N-dealkylation sites (tertiary alicyclic amines) is 1. The minimum Gasteiger partial charge on any atom is -0.383 e. The first-order chi connectivity index (χ1) is 11.7. The van der Waals surface area contributed by atoms with Crippen LogP contribution >= 0.6 is 0 Å². The fourth-order valence-corrected chi connectivity index (χ4v) is 4.75. The third-order valence-corrected chi connectivity index (χ3v) is 6.08. The van der Waals surface area contributed by atoms with Gasteiger partial charge >= 0.3 is 0 Å². The second-order valence-corrected chi connectivity index (χ2v) is 8.09. The first kappa shape index (κ1) is 18.2. The summed E-state index contributed by atoms with van der Waals surface area (Å²) >= 11 is 0. The molecule has 3 rings (SSSR count). The molecule has 1 saturated carbocycles. The van der Waals surface area contributed by atoms with Crippen molar-refractivity contribution in [1.82, 2.24) is 9.80 Å². The lowest BCUT2D eigenvalue weighted by Crippen LogP contribution is -2.52. The van der Waals surface area contributed by atoms with Crippen molar-refractivity contribution < 1.29 is 14.3 Å². The lowest BCUT2D eigenvalue weighted by molar-refractivity contribution is -0.137. The average Bonchev–Trinajstić information content (AvgIpc) is 3.02. The average molecular weight is 338 g/mol.